The quantitative estimate of drug-likeness (QED) is 0.828. The van der Waals surface area contributed by atoms with Crippen LogP contribution in [-0.2, 0) is 16.0 Å². The standard InChI is InChI=1S/C18H26N2O2S/c1-22-17-4-6-20(18(21)8-14-5-7-23-12-14)16-11-19(10-15(16)17)9-13-2-3-13/h5,7,12-13,15-17H,2-4,6,8-11H2,1H3/t15-,16+,17-/m1/s1. The lowest BCUT2D eigenvalue weighted by atomic mass is 9.88. The number of amides is 1. The van der Waals surface area contributed by atoms with E-state index < -0.39 is 0 Å². The Labute approximate surface area is 142 Å². The highest BCUT2D eigenvalue weighted by atomic mass is 32.1. The van der Waals surface area contributed by atoms with Crippen LogP contribution in [0.5, 0.6) is 0 Å². The number of methoxy groups -OCH3 is 1. The van der Waals surface area contributed by atoms with Gasteiger partial charge >= 0.3 is 0 Å². The molecule has 126 valence electrons. The number of fused-ring (bicyclic) bond motifs is 1. The molecule has 0 unspecified atom stereocenters. The highest BCUT2D eigenvalue weighted by Crippen LogP contribution is 2.36. The molecule has 4 nitrogen and oxygen atoms in total. The van der Waals surface area contributed by atoms with Gasteiger partial charge in [0.1, 0.15) is 0 Å². The Bertz CT molecular complexity index is 543. The Balaban J connectivity index is 1.45. The van der Waals surface area contributed by atoms with Gasteiger partial charge in [-0.1, -0.05) is 0 Å². The summed E-state index contributed by atoms with van der Waals surface area (Å²) in [5, 5.41) is 4.14. The normalized spacial score (nSPS) is 31.3. The fraction of sp³-hybridized carbons (Fsp3) is 0.722. The first-order chi connectivity index (χ1) is 11.2. The first-order valence-electron chi connectivity index (χ1n) is 8.80. The van der Waals surface area contributed by atoms with Crippen LogP contribution in [0.4, 0.5) is 0 Å². The fourth-order valence-corrected chi connectivity index (χ4v) is 4.99. The zero-order valence-electron chi connectivity index (χ0n) is 13.8. The lowest BCUT2D eigenvalue weighted by molar-refractivity contribution is -0.138. The number of nitrogens with zero attached hydrogens (tertiary/aromatic N) is 2. The van der Waals surface area contributed by atoms with Gasteiger partial charge in [0.15, 0.2) is 0 Å². The van der Waals surface area contributed by atoms with Gasteiger partial charge in [-0.25, -0.2) is 0 Å². The molecule has 5 heteroatoms. The molecule has 3 fully saturated rings. The van der Waals surface area contributed by atoms with Crippen molar-refractivity contribution in [1.82, 2.24) is 9.80 Å². The predicted octanol–water partition coefficient (Wildman–Crippen LogP) is 2.25. The first kappa shape index (κ1) is 15.6. The SMILES string of the molecule is CO[C@@H]1CCN(C(=O)Cc2ccsc2)[C@H]2CN(CC3CC3)C[C@@H]12. The van der Waals surface area contributed by atoms with E-state index >= 15 is 0 Å². The van der Waals surface area contributed by atoms with E-state index in [-0.39, 0.29) is 0 Å². The van der Waals surface area contributed by atoms with Crippen LogP contribution in [0.15, 0.2) is 16.8 Å². The van der Waals surface area contributed by atoms with Gasteiger partial charge in [-0.2, -0.15) is 11.3 Å². The molecule has 2 aliphatic heterocycles. The summed E-state index contributed by atoms with van der Waals surface area (Å²) < 4.78 is 5.74. The number of hydrogen-bond donors (Lipinski definition) is 0. The maximum absolute atomic E-state index is 12.8. The average molecular weight is 334 g/mol. The molecule has 1 aliphatic carbocycles. The van der Waals surface area contributed by atoms with E-state index in [2.05, 4.69) is 26.6 Å². The summed E-state index contributed by atoms with van der Waals surface area (Å²) in [4.78, 5) is 17.6. The molecule has 1 aromatic heterocycles. The van der Waals surface area contributed by atoms with Gasteiger partial charge in [0.25, 0.3) is 0 Å². The van der Waals surface area contributed by atoms with Gasteiger partial charge in [-0.3, -0.25) is 4.79 Å². The van der Waals surface area contributed by atoms with E-state index in [1.165, 1.54) is 19.4 Å². The van der Waals surface area contributed by atoms with Gasteiger partial charge < -0.3 is 14.5 Å². The Hall–Kier alpha value is -0.910. The monoisotopic (exact) mass is 334 g/mol. The van der Waals surface area contributed by atoms with Crippen molar-refractivity contribution in [1.29, 1.82) is 0 Å². The fourth-order valence-electron chi connectivity index (χ4n) is 4.32. The highest BCUT2D eigenvalue weighted by Gasteiger charge is 2.46. The van der Waals surface area contributed by atoms with Crippen molar-refractivity contribution in [3.05, 3.63) is 22.4 Å². The summed E-state index contributed by atoms with van der Waals surface area (Å²) >= 11 is 1.67. The predicted molar refractivity (Wildman–Crippen MR) is 91.6 cm³/mol. The van der Waals surface area contributed by atoms with Crippen molar-refractivity contribution in [3.8, 4) is 0 Å². The Morgan fingerprint density at radius 1 is 1.35 bits per heavy atom. The number of hydrogen-bond acceptors (Lipinski definition) is 4. The number of piperidine rings is 1. The third-order valence-electron chi connectivity index (χ3n) is 5.71. The summed E-state index contributed by atoms with van der Waals surface area (Å²) in [7, 11) is 1.83. The molecule has 0 N–H and O–H groups in total. The van der Waals surface area contributed by atoms with Crippen LogP contribution in [-0.4, -0.2) is 61.1 Å². The van der Waals surface area contributed by atoms with Crippen LogP contribution >= 0.6 is 11.3 Å². The molecule has 3 atom stereocenters. The summed E-state index contributed by atoms with van der Waals surface area (Å²) in [6.45, 7) is 4.20. The van der Waals surface area contributed by atoms with E-state index in [9.17, 15) is 4.79 Å². The van der Waals surface area contributed by atoms with E-state index in [1.54, 1.807) is 11.3 Å². The number of ether oxygens (including phenoxy) is 1. The van der Waals surface area contributed by atoms with Gasteiger partial charge in [-0.15, -0.1) is 0 Å². The molecule has 3 aliphatic rings. The first-order valence-corrected chi connectivity index (χ1v) is 9.74. The van der Waals surface area contributed by atoms with Crippen LogP contribution in [0.3, 0.4) is 0 Å². The van der Waals surface area contributed by atoms with Gasteiger partial charge in [0.2, 0.25) is 5.91 Å². The molecule has 1 aromatic rings. The maximum atomic E-state index is 12.8. The van der Waals surface area contributed by atoms with Crippen LogP contribution in [0.25, 0.3) is 0 Å². The zero-order valence-corrected chi connectivity index (χ0v) is 14.6. The molecule has 2 saturated heterocycles. The molecule has 1 amide bonds. The average Bonchev–Trinajstić information content (AvgIpc) is 3.04. The van der Waals surface area contributed by atoms with Crippen LogP contribution < -0.4 is 0 Å². The molecule has 23 heavy (non-hydrogen) atoms. The minimum absolute atomic E-state index is 0.293. The third-order valence-corrected chi connectivity index (χ3v) is 6.44. The minimum Gasteiger partial charge on any atom is -0.381 e. The third kappa shape index (κ3) is 3.32. The van der Waals surface area contributed by atoms with Crippen LogP contribution in [0, 0.1) is 11.8 Å². The van der Waals surface area contributed by atoms with Gasteiger partial charge in [0.05, 0.1) is 18.6 Å². The molecule has 1 saturated carbocycles. The molecule has 3 heterocycles. The molecule has 0 radical (unpaired) electrons. The number of carbonyl (C=O) groups is 1. The topological polar surface area (TPSA) is 32.8 Å². The van der Waals surface area contributed by atoms with Crippen LogP contribution in [0.1, 0.15) is 24.8 Å². The van der Waals surface area contributed by atoms with E-state index in [1.807, 2.05) is 7.11 Å². The number of thiophene rings is 1. The highest BCUT2D eigenvalue weighted by molar-refractivity contribution is 7.07. The lowest BCUT2D eigenvalue weighted by Crippen LogP contribution is -2.54. The molecule has 4 rings (SSSR count). The van der Waals surface area contributed by atoms with Crippen molar-refractivity contribution in [2.75, 3.05) is 33.3 Å². The van der Waals surface area contributed by atoms with Gasteiger partial charge in [-0.05, 0) is 47.6 Å². The zero-order chi connectivity index (χ0) is 15.8. The Kier molecular flexibility index (Phi) is 4.43. The summed E-state index contributed by atoms with van der Waals surface area (Å²) in [6, 6.07) is 2.41. The van der Waals surface area contributed by atoms with Crippen molar-refractivity contribution < 1.29 is 9.53 Å². The smallest absolute Gasteiger partial charge is 0.227 e. The van der Waals surface area contributed by atoms with Gasteiger partial charge in [0, 0.05) is 39.2 Å². The van der Waals surface area contributed by atoms with Crippen LogP contribution in [0.2, 0.25) is 0 Å². The second-order valence-electron chi connectivity index (χ2n) is 7.35. The number of likely N-dealkylation sites (tertiary alicyclic amines) is 2. The largest absolute Gasteiger partial charge is 0.381 e. The second-order valence-corrected chi connectivity index (χ2v) is 8.13. The molecule has 0 aromatic carbocycles. The molecule has 0 spiro atoms. The molecular weight excluding hydrogens is 308 g/mol. The summed E-state index contributed by atoms with van der Waals surface area (Å²) in [5.41, 5.74) is 1.15. The summed E-state index contributed by atoms with van der Waals surface area (Å²) in [5.74, 6) is 1.69. The van der Waals surface area contributed by atoms with Crippen molar-refractivity contribution >= 4 is 17.2 Å². The number of rotatable bonds is 5. The van der Waals surface area contributed by atoms with E-state index in [0.29, 0.717) is 30.4 Å². The van der Waals surface area contributed by atoms with Crippen molar-refractivity contribution in [2.45, 2.75) is 37.8 Å². The molecule has 0 bridgehead atoms. The van der Waals surface area contributed by atoms with E-state index in [0.717, 1.165) is 37.5 Å². The molecular formula is C18H26N2O2S. The van der Waals surface area contributed by atoms with E-state index in [4.69, 9.17) is 4.74 Å². The van der Waals surface area contributed by atoms with Crippen molar-refractivity contribution in [2.24, 2.45) is 11.8 Å². The second kappa shape index (κ2) is 6.54. The summed E-state index contributed by atoms with van der Waals surface area (Å²) in [6.07, 6.45) is 4.62. The number of carbonyl (C=O) groups excluding carboxylic acids is 1. The lowest BCUT2D eigenvalue weighted by Gasteiger charge is -2.41. The minimum atomic E-state index is 0.293. The van der Waals surface area contributed by atoms with Crippen molar-refractivity contribution in [3.63, 3.8) is 0 Å². The maximum Gasteiger partial charge on any atom is 0.227 e. The Morgan fingerprint density at radius 3 is 2.91 bits per heavy atom. The Morgan fingerprint density at radius 2 is 2.22 bits per heavy atom.